The molecule has 7 nitrogen and oxygen atoms in total. The Morgan fingerprint density at radius 2 is 1.97 bits per heavy atom. The molecular formula is C21H31IN4O3. The topological polar surface area (TPSA) is 68.1 Å². The molecule has 1 aromatic carbocycles. The lowest BCUT2D eigenvalue weighted by Gasteiger charge is -2.23. The molecule has 0 aliphatic carbocycles. The SMILES string of the molecule is CN=C(NCCCCn1ccccc1=O)N(C)Cc1ccc(OC)cc1OC.I. The van der Waals surface area contributed by atoms with Crippen LogP contribution in [0.3, 0.4) is 0 Å². The first-order valence-corrected chi connectivity index (χ1v) is 9.37. The van der Waals surface area contributed by atoms with Crippen LogP contribution in [-0.2, 0) is 13.1 Å². The van der Waals surface area contributed by atoms with Gasteiger partial charge < -0.3 is 24.3 Å². The van der Waals surface area contributed by atoms with E-state index in [1.807, 2.05) is 42.4 Å². The van der Waals surface area contributed by atoms with Crippen LogP contribution in [0.2, 0.25) is 0 Å². The summed E-state index contributed by atoms with van der Waals surface area (Å²) in [5, 5.41) is 3.37. The van der Waals surface area contributed by atoms with Crippen LogP contribution in [0.15, 0.2) is 52.4 Å². The summed E-state index contributed by atoms with van der Waals surface area (Å²) in [5.41, 5.74) is 1.09. The number of hydrogen-bond acceptors (Lipinski definition) is 4. The third-order valence-corrected chi connectivity index (χ3v) is 4.48. The van der Waals surface area contributed by atoms with E-state index in [0.717, 1.165) is 49.0 Å². The third kappa shape index (κ3) is 7.60. The van der Waals surface area contributed by atoms with Gasteiger partial charge in [-0.25, -0.2) is 0 Å². The van der Waals surface area contributed by atoms with E-state index in [9.17, 15) is 4.79 Å². The molecule has 0 atom stereocenters. The maximum atomic E-state index is 11.7. The number of ether oxygens (including phenoxy) is 2. The van der Waals surface area contributed by atoms with Crippen LogP contribution in [-0.4, -0.2) is 50.3 Å². The summed E-state index contributed by atoms with van der Waals surface area (Å²) >= 11 is 0. The Hall–Kier alpha value is -2.23. The van der Waals surface area contributed by atoms with E-state index in [1.54, 1.807) is 38.0 Å². The molecule has 0 fully saturated rings. The monoisotopic (exact) mass is 514 g/mol. The smallest absolute Gasteiger partial charge is 0.250 e. The van der Waals surface area contributed by atoms with Gasteiger partial charge in [0.1, 0.15) is 11.5 Å². The molecule has 1 N–H and O–H groups in total. The first-order valence-electron chi connectivity index (χ1n) is 9.37. The Bertz CT molecular complexity index is 839. The molecule has 2 aromatic rings. The van der Waals surface area contributed by atoms with Gasteiger partial charge >= 0.3 is 0 Å². The first kappa shape index (κ1) is 24.8. The highest BCUT2D eigenvalue weighted by Crippen LogP contribution is 2.25. The van der Waals surface area contributed by atoms with Gasteiger partial charge in [-0.3, -0.25) is 9.79 Å². The van der Waals surface area contributed by atoms with Gasteiger partial charge in [0, 0.05) is 57.6 Å². The summed E-state index contributed by atoms with van der Waals surface area (Å²) in [7, 11) is 7.06. The number of aryl methyl sites for hydroxylation is 1. The molecular weight excluding hydrogens is 483 g/mol. The van der Waals surface area contributed by atoms with Gasteiger partial charge in [-0.2, -0.15) is 0 Å². The zero-order valence-corrected chi connectivity index (χ0v) is 19.9. The van der Waals surface area contributed by atoms with E-state index in [4.69, 9.17) is 9.47 Å². The van der Waals surface area contributed by atoms with Crippen molar-refractivity contribution in [2.24, 2.45) is 4.99 Å². The van der Waals surface area contributed by atoms with E-state index in [1.165, 1.54) is 0 Å². The molecule has 0 unspecified atom stereocenters. The molecule has 2 rings (SSSR count). The molecule has 1 aromatic heterocycles. The zero-order chi connectivity index (χ0) is 20.4. The van der Waals surface area contributed by atoms with Gasteiger partial charge in [0.2, 0.25) is 5.56 Å². The second-order valence-corrected chi connectivity index (χ2v) is 6.45. The normalized spacial score (nSPS) is 10.8. The number of nitrogens with zero attached hydrogens (tertiary/aromatic N) is 3. The molecule has 0 spiro atoms. The van der Waals surface area contributed by atoms with Crippen molar-refractivity contribution in [2.45, 2.75) is 25.9 Å². The van der Waals surface area contributed by atoms with Crippen LogP contribution in [0.25, 0.3) is 0 Å². The number of nitrogens with one attached hydrogen (secondary N) is 1. The van der Waals surface area contributed by atoms with Crippen molar-refractivity contribution in [1.82, 2.24) is 14.8 Å². The number of aliphatic imine (C=N–C) groups is 1. The third-order valence-electron chi connectivity index (χ3n) is 4.48. The predicted molar refractivity (Wildman–Crippen MR) is 128 cm³/mol. The Morgan fingerprint density at radius 3 is 2.62 bits per heavy atom. The largest absolute Gasteiger partial charge is 0.497 e. The fourth-order valence-electron chi connectivity index (χ4n) is 2.95. The van der Waals surface area contributed by atoms with Gasteiger partial charge in [-0.15, -0.1) is 24.0 Å². The average Bonchev–Trinajstić information content (AvgIpc) is 2.72. The maximum absolute atomic E-state index is 11.7. The second kappa shape index (κ2) is 13.1. The molecule has 0 saturated heterocycles. The summed E-state index contributed by atoms with van der Waals surface area (Å²) in [6.45, 7) is 2.17. The van der Waals surface area contributed by atoms with Gasteiger partial charge in [-0.1, -0.05) is 6.07 Å². The van der Waals surface area contributed by atoms with E-state index < -0.39 is 0 Å². The summed E-state index contributed by atoms with van der Waals surface area (Å²) in [6, 6.07) is 11.0. The van der Waals surface area contributed by atoms with Crippen molar-refractivity contribution < 1.29 is 9.47 Å². The molecule has 0 saturated carbocycles. The van der Waals surface area contributed by atoms with Crippen LogP contribution in [0.1, 0.15) is 18.4 Å². The second-order valence-electron chi connectivity index (χ2n) is 6.45. The van der Waals surface area contributed by atoms with Crippen LogP contribution < -0.4 is 20.3 Å². The summed E-state index contributed by atoms with van der Waals surface area (Å²) in [4.78, 5) is 18.1. The van der Waals surface area contributed by atoms with Crippen molar-refractivity contribution in [3.8, 4) is 11.5 Å². The average molecular weight is 514 g/mol. The van der Waals surface area contributed by atoms with Gasteiger partial charge in [0.25, 0.3) is 0 Å². The number of pyridine rings is 1. The molecule has 29 heavy (non-hydrogen) atoms. The summed E-state index contributed by atoms with van der Waals surface area (Å²) in [5.74, 6) is 2.37. The molecule has 8 heteroatoms. The fraction of sp³-hybridized carbons (Fsp3) is 0.429. The zero-order valence-electron chi connectivity index (χ0n) is 17.6. The highest BCUT2D eigenvalue weighted by atomic mass is 127. The molecule has 0 aliphatic heterocycles. The van der Waals surface area contributed by atoms with E-state index >= 15 is 0 Å². The number of unbranched alkanes of at least 4 members (excludes halogenated alkanes) is 1. The molecule has 160 valence electrons. The number of methoxy groups -OCH3 is 2. The fourth-order valence-corrected chi connectivity index (χ4v) is 2.95. The van der Waals surface area contributed by atoms with Gasteiger partial charge in [-0.05, 0) is 31.0 Å². The Balaban J connectivity index is 0.00000420. The Morgan fingerprint density at radius 1 is 1.17 bits per heavy atom. The highest BCUT2D eigenvalue weighted by molar-refractivity contribution is 14.0. The van der Waals surface area contributed by atoms with Crippen LogP contribution in [0.5, 0.6) is 11.5 Å². The minimum absolute atomic E-state index is 0. The van der Waals surface area contributed by atoms with Gasteiger partial charge in [0.15, 0.2) is 5.96 Å². The minimum atomic E-state index is 0. The lowest BCUT2D eigenvalue weighted by atomic mass is 10.2. The molecule has 0 radical (unpaired) electrons. The minimum Gasteiger partial charge on any atom is -0.497 e. The number of aromatic nitrogens is 1. The van der Waals surface area contributed by atoms with Crippen molar-refractivity contribution in [3.05, 3.63) is 58.5 Å². The Kier molecular flexibility index (Phi) is 11.2. The van der Waals surface area contributed by atoms with Crippen molar-refractivity contribution in [2.75, 3.05) is 34.9 Å². The van der Waals surface area contributed by atoms with Crippen molar-refractivity contribution >= 4 is 29.9 Å². The number of rotatable bonds is 9. The Labute approximate surface area is 189 Å². The van der Waals surface area contributed by atoms with E-state index in [0.29, 0.717) is 6.54 Å². The van der Waals surface area contributed by atoms with Crippen LogP contribution in [0.4, 0.5) is 0 Å². The lowest BCUT2D eigenvalue weighted by Crippen LogP contribution is -2.39. The predicted octanol–water partition coefficient (Wildman–Crippen LogP) is 2.97. The summed E-state index contributed by atoms with van der Waals surface area (Å²) in [6.07, 6.45) is 3.69. The highest BCUT2D eigenvalue weighted by Gasteiger charge is 2.11. The maximum Gasteiger partial charge on any atom is 0.250 e. The van der Waals surface area contributed by atoms with Crippen molar-refractivity contribution in [1.29, 1.82) is 0 Å². The molecule has 0 bridgehead atoms. The number of halogens is 1. The molecule has 1 heterocycles. The molecule has 0 aliphatic rings. The number of benzene rings is 1. The molecule has 0 amide bonds. The lowest BCUT2D eigenvalue weighted by molar-refractivity contribution is 0.382. The van der Waals surface area contributed by atoms with Gasteiger partial charge in [0.05, 0.1) is 14.2 Å². The van der Waals surface area contributed by atoms with Crippen LogP contribution in [0, 0.1) is 0 Å². The standard InChI is InChI=1S/C21H30N4O3.HI/c1-22-21(23-12-6-8-14-25-13-7-5-9-20(25)26)24(2)16-17-10-11-18(27-3)15-19(17)28-4;/h5,7,9-11,13,15H,6,8,12,14,16H2,1-4H3,(H,22,23);1H. The quantitative estimate of drug-likeness (QED) is 0.241. The van der Waals surface area contributed by atoms with E-state index in [2.05, 4.69) is 10.3 Å². The summed E-state index contributed by atoms with van der Waals surface area (Å²) < 4.78 is 12.5. The van der Waals surface area contributed by atoms with E-state index in [-0.39, 0.29) is 29.5 Å². The van der Waals surface area contributed by atoms with Crippen LogP contribution >= 0.6 is 24.0 Å². The number of guanidine groups is 1. The first-order chi connectivity index (χ1) is 13.6. The van der Waals surface area contributed by atoms with Crippen molar-refractivity contribution in [3.63, 3.8) is 0 Å². The number of hydrogen-bond donors (Lipinski definition) is 1.